The minimum absolute atomic E-state index is 0.0185. The Morgan fingerprint density at radius 1 is 1.11 bits per heavy atom. The molecule has 0 N–H and O–H groups in total. The number of hydrogen-bond donors (Lipinski definition) is 0. The number of carbonyl (C=O) groups excluding carboxylic acids is 1. The fourth-order valence-corrected chi connectivity index (χ4v) is 2.60. The summed E-state index contributed by atoms with van der Waals surface area (Å²) in [4.78, 5) is 12.8. The average Bonchev–Trinajstić information content (AvgIpc) is 2.43. The van der Waals surface area contributed by atoms with Crippen LogP contribution in [0.1, 0.15) is 5.56 Å². The molecule has 4 heteroatoms. The molecule has 0 amide bonds. The fourth-order valence-electron chi connectivity index (χ4n) is 1.63. The van der Waals surface area contributed by atoms with Crippen molar-refractivity contribution in [1.29, 1.82) is 0 Å². The lowest BCUT2D eigenvalue weighted by Crippen LogP contribution is -2.07. The molecule has 2 rings (SSSR count). The molecule has 0 bridgehead atoms. The van der Waals surface area contributed by atoms with Crippen molar-refractivity contribution in [3.8, 4) is 0 Å². The van der Waals surface area contributed by atoms with Gasteiger partial charge in [0.05, 0.1) is 10.8 Å². The maximum atomic E-state index is 13.6. The molecule has 0 saturated carbocycles. The molecule has 98 valence electrons. The van der Waals surface area contributed by atoms with Crippen LogP contribution in [0.3, 0.4) is 0 Å². The Hall–Kier alpha value is -1.32. The Morgan fingerprint density at radius 3 is 2.58 bits per heavy atom. The molecule has 1 nitrogen and oxygen atoms in total. The van der Waals surface area contributed by atoms with Crippen molar-refractivity contribution in [1.82, 2.24) is 0 Å². The highest BCUT2D eigenvalue weighted by Gasteiger charge is 2.11. The predicted octanol–water partition coefficient (Wildman–Crippen LogP) is 4.38. The molecule has 0 radical (unpaired) electrons. The second-order valence-corrected chi connectivity index (χ2v) is 5.49. The molecule has 0 saturated heterocycles. The molecule has 0 aromatic heterocycles. The molecular formula is C15H12ClFOS. The van der Waals surface area contributed by atoms with Crippen LogP contribution in [0.25, 0.3) is 0 Å². The van der Waals surface area contributed by atoms with Crippen molar-refractivity contribution >= 4 is 29.1 Å². The smallest absolute Gasteiger partial charge is 0.147 e. The van der Waals surface area contributed by atoms with Crippen LogP contribution in [0.2, 0.25) is 5.02 Å². The highest BCUT2D eigenvalue weighted by molar-refractivity contribution is 8.00. The number of Topliss-reactive ketones (excluding diaryl/α,β-unsaturated/α-hetero) is 1. The van der Waals surface area contributed by atoms with Gasteiger partial charge >= 0.3 is 0 Å². The molecule has 0 atom stereocenters. The number of thioether (sulfide) groups is 1. The van der Waals surface area contributed by atoms with Crippen molar-refractivity contribution < 1.29 is 9.18 Å². The standard InChI is InChI=1S/C15H12ClFOS/c16-14-8-4-5-11(15(14)17)9-12(18)10-19-13-6-2-1-3-7-13/h1-8H,9-10H2. The number of ketones is 1. The van der Waals surface area contributed by atoms with Gasteiger partial charge in [-0.3, -0.25) is 4.79 Å². The van der Waals surface area contributed by atoms with Crippen molar-refractivity contribution in [2.75, 3.05) is 5.75 Å². The first-order chi connectivity index (χ1) is 9.16. The topological polar surface area (TPSA) is 17.1 Å². The summed E-state index contributed by atoms with van der Waals surface area (Å²) in [5.74, 6) is -0.187. The van der Waals surface area contributed by atoms with Crippen LogP contribution in [0.4, 0.5) is 4.39 Å². The summed E-state index contributed by atoms with van der Waals surface area (Å²) in [6, 6.07) is 14.4. The summed E-state index contributed by atoms with van der Waals surface area (Å²) in [6.07, 6.45) is 0.0756. The van der Waals surface area contributed by atoms with E-state index in [9.17, 15) is 9.18 Å². The van der Waals surface area contributed by atoms with Gasteiger partial charge in [0.2, 0.25) is 0 Å². The molecular weight excluding hydrogens is 283 g/mol. The molecule has 2 aromatic carbocycles. The van der Waals surface area contributed by atoms with E-state index in [1.165, 1.54) is 17.8 Å². The van der Waals surface area contributed by atoms with E-state index in [1.807, 2.05) is 30.3 Å². The molecule has 2 aromatic rings. The molecule has 0 aliphatic carbocycles. The quantitative estimate of drug-likeness (QED) is 0.761. The maximum Gasteiger partial charge on any atom is 0.147 e. The number of halogens is 2. The normalized spacial score (nSPS) is 10.4. The van der Waals surface area contributed by atoms with Gasteiger partial charge in [0.25, 0.3) is 0 Å². The van der Waals surface area contributed by atoms with Crippen molar-refractivity contribution in [3.05, 3.63) is 64.9 Å². The van der Waals surface area contributed by atoms with Crippen LogP contribution in [0, 0.1) is 5.82 Å². The van der Waals surface area contributed by atoms with E-state index in [0.29, 0.717) is 11.3 Å². The zero-order valence-electron chi connectivity index (χ0n) is 10.1. The lowest BCUT2D eigenvalue weighted by Gasteiger charge is -2.04. The highest BCUT2D eigenvalue weighted by Crippen LogP contribution is 2.20. The van der Waals surface area contributed by atoms with Crippen LogP contribution in [0.15, 0.2) is 53.4 Å². The second-order valence-electron chi connectivity index (χ2n) is 4.03. The summed E-state index contributed by atoms with van der Waals surface area (Å²) in [7, 11) is 0. The molecule has 0 aliphatic rings. The molecule has 0 aliphatic heterocycles. The van der Waals surface area contributed by atoms with E-state index >= 15 is 0 Å². The van der Waals surface area contributed by atoms with Crippen LogP contribution in [-0.4, -0.2) is 11.5 Å². The number of hydrogen-bond acceptors (Lipinski definition) is 2. The fraction of sp³-hybridized carbons (Fsp3) is 0.133. The van der Waals surface area contributed by atoms with Crippen molar-refractivity contribution in [3.63, 3.8) is 0 Å². The van der Waals surface area contributed by atoms with Gasteiger partial charge in [0.15, 0.2) is 0 Å². The van der Waals surface area contributed by atoms with Gasteiger partial charge in [-0.2, -0.15) is 0 Å². The van der Waals surface area contributed by atoms with Crippen LogP contribution in [-0.2, 0) is 11.2 Å². The minimum atomic E-state index is -0.498. The van der Waals surface area contributed by atoms with Crippen molar-refractivity contribution in [2.45, 2.75) is 11.3 Å². The minimum Gasteiger partial charge on any atom is -0.298 e. The Labute approximate surface area is 120 Å². The van der Waals surface area contributed by atoms with E-state index in [-0.39, 0.29) is 17.2 Å². The average molecular weight is 295 g/mol. The first kappa shape index (κ1) is 14.1. The zero-order chi connectivity index (χ0) is 13.7. The summed E-state index contributed by atoms with van der Waals surface area (Å²) in [5.41, 5.74) is 0.353. The molecule has 0 fully saturated rings. The van der Waals surface area contributed by atoms with E-state index in [1.54, 1.807) is 12.1 Å². The summed E-state index contributed by atoms with van der Waals surface area (Å²) >= 11 is 7.13. The van der Waals surface area contributed by atoms with Gasteiger partial charge in [0.1, 0.15) is 11.6 Å². The van der Waals surface area contributed by atoms with Gasteiger partial charge in [-0.25, -0.2) is 4.39 Å². The van der Waals surface area contributed by atoms with Gasteiger partial charge in [0, 0.05) is 11.3 Å². The van der Waals surface area contributed by atoms with E-state index in [2.05, 4.69) is 0 Å². The van der Waals surface area contributed by atoms with E-state index < -0.39 is 5.82 Å². The predicted molar refractivity (Wildman–Crippen MR) is 77.3 cm³/mol. The van der Waals surface area contributed by atoms with Crippen LogP contribution in [0.5, 0.6) is 0 Å². The summed E-state index contributed by atoms with van der Waals surface area (Å²) in [5, 5.41) is 0.0565. The van der Waals surface area contributed by atoms with Gasteiger partial charge < -0.3 is 0 Å². The Bertz CT molecular complexity index is 572. The molecule has 0 spiro atoms. The number of rotatable bonds is 5. The first-order valence-electron chi connectivity index (χ1n) is 5.79. The van der Waals surface area contributed by atoms with Gasteiger partial charge in [-0.05, 0) is 23.8 Å². The van der Waals surface area contributed by atoms with Crippen molar-refractivity contribution in [2.24, 2.45) is 0 Å². The third-order valence-corrected chi connectivity index (χ3v) is 3.93. The van der Waals surface area contributed by atoms with Gasteiger partial charge in [-0.1, -0.05) is 41.9 Å². The lowest BCUT2D eigenvalue weighted by molar-refractivity contribution is -0.116. The Balaban J connectivity index is 1.93. The summed E-state index contributed by atoms with van der Waals surface area (Å²) < 4.78 is 13.6. The zero-order valence-corrected chi connectivity index (χ0v) is 11.7. The van der Waals surface area contributed by atoms with Crippen LogP contribution >= 0.6 is 23.4 Å². The maximum absolute atomic E-state index is 13.6. The third-order valence-electron chi connectivity index (χ3n) is 2.56. The van der Waals surface area contributed by atoms with E-state index in [4.69, 9.17) is 11.6 Å². The van der Waals surface area contributed by atoms with E-state index in [0.717, 1.165) is 4.90 Å². The summed E-state index contributed by atoms with van der Waals surface area (Å²) in [6.45, 7) is 0. The lowest BCUT2D eigenvalue weighted by atomic mass is 10.1. The number of carbonyl (C=O) groups is 1. The molecule has 0 heterocycles. The Morgan fingerprint density at radius 2 is 1.84 bits per heavy atom. The molecule has 0 unspecified atom stereocenters. The molecule has 19 heavy (non-hydrogen) atoms. The second kappa shape index (κ2) is 6.73. The van der Waals surface area contributed by atoms with Gasteiger partial charge in [-0.15, -0.1) is 11.8 Å². The van der Waals surface area contributed by atoms with Crippen LogP contribution < -0.4 is 0 Å². The third kappa shape index (κ3) is 4.08. The largest absolute Gasteiger partial charge is 0.298 e. The monoisotopic (exact) mass is 294 g/mol. The number of benzene rings is 2. The SMILES string of the molecule is O=C(CSc1ccccc1)Cc1cccc(Cl)c1F. The first-order valence-corrected chi connectivity index (χ1v) is 7.15. The highest BCUT2D eigenvalue weighted by atomic mass is 35.5. The Kier molecular flexibility index (Phi) is 5.00.